The molecule has 0 saturated carbocycles. The van der Waals surface area contributed by atoms with Crippen LogP contribution in [-0.2, 0) is 0 Å². The van der Waals surface area contributed by atoms with Crippen LogP contribution in [0, 0.1) is 0 Å². The Balaban J connectivity index is 1.19. The van der Waals surface area contributed by atoms with E-state index in [9.17, 15) is 4.79 Å². The minimum absolute atomic E-state index is 0.417. The first kappa shape index (κ1) is 31.4. The van der Waals surface area contributed by atoms with Crippen molar-refractivity contribution in [1.82, 2.24) is 0 Å². The average Bonchev–Trinajstić information content (AvgIpc) is 3.05. The fraction of sp³-hybridized carbons (Fsp3) is 0.297. The second-order valence-corrected chi connectivity index (χ2v) is 10.5. The molecule has 222 valence electrons. The van der Waals surface area contributed by atoms with Crippen LogP contribution < -0.4 is 9.47 Å². The summed E-state index contributed by atoms with van der Waals surface area (Å²) in [6, 6.07) is 31.5. The molecule has 0 saturated heterocycles. The van der Waals surface area contributed by atoms with Gasteiger partial charge in [-0.05, 0) is 84.8 Å². The van der Waals surface area contributed by atoms with E-state index < -0.39 is 5.97 Å². The third-order valence-electron chi connectivity index (χ3n) is 6.92. The molecule has 0 amide bonds. The Labute approximate surface area is 255 Å². The standard InChI is InChI=1S/C37H41N3O3/c1-2-3-4-5-6-7-8-9-13-27-42-35-25-19-31(20-26-35)37(41)43-36-18-14-15-30(28-36)29-38-32-21-23-34(24-22-32)40-39-33-16-11-10-12-17-33/h10-12,14-26,28-29H,2-9,13,27H2,1H3. The lowest BCUT2D eigenvalue weighted by molar-refractivity contribution is 0.0734. The molecular formula is C37H41N3O3. The first-order valence-electron chi connectivity index (χ1n) is 15.4. The van der Waals surface area contributed by atoms with Gasteiger partial charge in [0.25, 0.3) is 0 Å². The minimum atomic E-state index is -0.417. The van der Waals surface area contributed by atoms with Gasteiger partial charge in [0.2, 0.25) is 0 Å². The van der Waals surface area contributed by atoms with Crippen LogP contribution in [0.4, 0.5) is 17.1 Å². The number of ether oxygens (including phenoxy) is 2. The zero-order valence-corrected chi connectivity index (χ0v) is 25.0. The largest absolute Gasteiger partial charge is 0.494 e. The quantitative estimate of drug-likeness (QED) is 0.0413. The van der Waals surface area contributed by atoms with Crippen LogP contribution >= 0.6 is 0 Å². The van der Waals surface area contributed by atoms with Gasteiger partial charge in [-0.1, -0.05) is 88.6 Å². The maximum atomic E-state index is 12.7. The summed E-state index contributed by atoms with van der Waals surface area (Å²) in [5, 5.41) is 8.49. The molecule has 0 aliphatic carbocycles. The van der Waals surface area contributed by atoms with Crippen molar-refractivity contribution in [1.29, 1.82) is 0 Å². The van der Waals surface area contributed by atoms with E-state index >= 15 is 0 Å². The second kappa shape index (κ2) is 18.1. The number of benzene rings is 4. The molecule has 0 unspecified atom stereocenters. The number of unbranched alkanes of at least 4 members (excludes halogenated alkanes) is 8. The molecule has 4 rings (SSSR count). The van der Waals surface area contributed by atoms with Crippen LogP contribution in [0.3, 0.4) is 0 Å². The van der Waals surface area contributed by atoms with Gasteiger partial charge < -0.3 is 9.47 Å². The number of nitrogens with zero attached hydrogens (tertiary/aromatic N) is 3. The monoisotopic (exact) mass is 575 g/mol. The highest BCUT2D eigenvalue weighted by molar-refractivity contribution is 5.91. The third-order valence-corrected chi connectivity index (χ3v) is 6.92. The van der Waals surface area contributed by atoms with Gasteiger partial charge in [-0.15, -0.1) is 0 Å². The van der Waals surface area contributed by atoms with Gasteiger partial charge in [0, 0.05) is 6.21 Å². The van der Waals surface area contributed by atoms with Gasteiger partial charge >= 0.3 is 5.97 Å². The van der Waals surface area contributed by atoms with Crippen molar-refractivity contribution < 1.29 is 14.3 Å². The van der Waals surface area contributed by atoms with Crippen molar-refractivity contribution in [3.63, 3.8) is 0 Å². The smallest absolute Gasteiger partial charge is 0.343 e. The van der Waals surface area contributed by atoms with Crippen LogP contribution in [-0.4, -0.2) is 18.8 Å². The molecule has 0 atom stereocenters. The Morgan fingerprint density at radius 3 is 1.95 bits per heavy atom. The van der Waals surface area contributed by atoms with Crippen molar-refractivity contribution in [3.8, 4) is 11.5 Å². The van der Waals surface area contributed by atoms with E-state index in [4.69, 9.17) is 9.47 Å². The molecule has 0 aliphatic rings. The number of hydrogen-bond donors (Lipinski definition) is 0. The maximum absolute atomic E-state index is 12.7. The lowest BCUT2D eigenvalue weighted by Gasteiger charge is -2.08. The highest BCUT2D eigenvalue weighted by atomic mass is 16.5. The van der Waals surface area contributed by atoms with Crippen molar-refractivity contribution in [3.05, 3.63) is 114 Å². The van der Waals surface area contributed by atoms with Crippen molar-refractivity contribution in [2.75, 3.05) is 6.61 Å². The fourth-order valence-electron chi connectivity index (χ4n) is 4.48. The highest BCUT2D eigenvalue weighted by Gasteiger charge is 2.09. The predicted molar refractivity (Wildman–Crippen MR) is 175 cm³/mol. The molecule has 0 heterocycles. The van der Waals surface area contributed by atoms with Crippen LogP contribution in [0.2, 0.25) is 0 Å². The van der Waals surface area contributed by atoms with Crippen molar-refractivity contribution in [2.24, 2.45) is 15.2 Å². The minimum Gasteiger partial charge on any atom is -0.494 e. The number of carbonyl (C=O) groups is 1. The van der Waals surface area contributed by atoms with Gasteiger partial charge in [0.15, 0.2) is 0 Å². The van der Waals surface area contributed by atoms with E-state index in [2.05, 4.69) is 22.1 Å². The van der Waals surface area contributed by atoms with Crippen molar-refractivity contribution in [2.45, 2.75) is 64.7 Å². The molecule has 6 nitrogen and oxygen atoms in total. The average molecular weight is 576 g/mol. The first-order chi connectivity index (χ1) is 21.2. The van der Waals surface area contributed by atoms with Crippen LogP contribution in [0.15, 0.2) is 118 Å². The number of aliphatic imine (C=N–C) groups is 1. The summed E-state index contributed by atoms with van der Waals surface area (Å²) in [6.07, 6.45) is 13.3. The molecule has 0 spiro atoms. The summed E-state index contributed by atoms with van der Waals surface area (Å²) in [4.78, 5) is 17.3. The van der Waals surface area contributed by atoms with E-state index in [-0.39, 0.29) is 0 Å². The summed E-state index contributed by atoms with van der Waals surface area (Å²) in [5.41, 5.74) is 3.62. The third kappa shape index (κ3) is 11.7. The lowest BCUT2D eigenvalue weighted by atomic mass is 10.1. The van der Waals surface area contributed by atoms with Gasteiger partial charge in [-0.2, -0.15) is 10.2 Å². The molecule has 0 N–H and O–H groups in total. The van der Waals surface area contributed by atoms with Gasteiger partial charge in [-0.3, -0.25) is 4.99 Å². The summed E-state index contributed by atoms with van der Waals surface area (Å²) in [5.74, 6) is 0.803. The van der Waals surface area contributed by atoms with Gasteiger partial charge in [0.1, 0.15) is 11.5 Å². The number of rotatable bonds is 17. The SMILES string of the molecule is CCCCCCCCCCCOc1ccc(C(=O)Oc2cccc(C=Nc3ccc(N=Nc4ccccc4)cc3)c2)cc1. The summed E-state index contributed by atoms with van der Waals surface area (Å²) in [7, 11) is 0. The number of hydrogen-bond acceptors (Lipinski definition) is 6. The van der Waals surface area contributed by atoms with E-state index in [1.54, 1.807) is 30.5 Å². The van der Waals surface area contributed by atoms with Crippen molar-refractivity contribution >= 4 is 29.2 Å². The zero-order valence-electron chi connectivity index (χ0n) is 25.0. The Bertz CT molecular complexity index is 1430. The topological polar surface area (TPSA) is 72.6 Å². The number of azo groups is 1. The van der Waals surface area contributed by atoms with E-state index in [0.29, 0.717) is 17.9 Å². The Kier molecular flexibility index (Phi) is 13.2. The Morgan fingerprint density at radius 1 is 0.628 bits per heavy atom. The van der Waals surface area contributed by atoms with Crippen LogP contribution in [0.5, 0.6) is 11.5 Å². The fourth-order valence-corrected chi connectivity index (χ4v) is 4.48. The number of carbonyl (C=O) groups excluding carboxylic acids is 1. The number of esters is 1. The molecule has 0 fully saturated rings. The maximum Gasteiger partial charge on any atom is 0.343 e. The molecular weight excluding hydrogens is 534 g/mol. The molecule has 0 aromatic heterocycles. The molecule has 0 aliphatic heterocycles. The Morgan fingerprint density at radius 2 is 1.26 bits per heavy atom. The predicted octanol–water partition coefficient (Wildman–Crippen LogP) is 11.0. The second-order valence-electron chi connectivity index (χ2n) is 10.5. The molecule has 6 heteroatoms. The zero-order chi connectivity index (χ0) is 30.0. The van der Waals surface area contributed by atoms with E-state index in [0.717, 1.165) is 34.8 Å². The first-order valence-corrected chi connectivity index (χ1v) is 15.4. The van der Waals surface area contributed by atoms with Gasteiger partial charge in [0.05, 0.1) is 29.2 Å². The van der Waals surface area contributed by atoms with E-state index in [1.165, 1.54) is 51.4 Å². The summed E-state index contributed by atoms with van der Waals surface area (Å²) in [6.45, 7) is 2.94. The highest BCUT2D eigenvalue weighted by Crippen LogP contribution is 2.22. The Hall–Kier alpha value is -4.58. The van der Waals surface area contributed by atoms with Gasteiger partial charge in [-0.25, -0.2) is 4.79 Å². The summed E-state index contributed by atoms with van der Waals surface area (Å²) >= 11 is 0. The summed E-state index contributed by atoms with van der Waals surface area (Å²) < 4.78 is 11.5. The molecule has 43 heavy (non-hydrogen) atoms. The molecule has 0 radical (unpaired) electrons. The normalized spacial score (nSPS) is 11.3. The lowest BCUT2D eigenvalue weighted by Crippen LogP contribution is -2.08. The molecule has 0 bridgehead atoms. The van der Waals surface area contributed by atoms with Crippen LogP contribution in [0.1, 0.15) is 80.6 Å². The molecule has 4 aromatic carbocycles. The molecule has 4 aromatic rings. The van der Waals surface area contributed by atoms with Crippen LogP contribution in [0.25, 0.3) is 0 Å². The van der Waals surface area contributed by atoms with E-state index in [1.807, 2.05) is 78.9 Å².